The molecule has 0 aliphatic heterocycles. The van der Waals surface area contributed by atoms with Crippen LogP contribution in [0.4, 0.5) is 0 Å². The van der Waals surface area contributed by atoms with Gasteiger partial charge in [-0.2, -0.15) is 5.10 Å². The summed E-state index contributed by atoms with van der Waals surface area (Å²) in [6.07, 6.45) is 3.30. The lowest BCUT2D eigenvalue weighted by Gasteiger charge is -2.16. The fourth-order valence-corrected chi connectivity index (χ4v) is 1.23. The summed E-state index contributed by atoms with van der Waals surface area (Å²) in [5.41, 5.74) is 1.82. The van der Waals surface area contributed by atoms with E-state index < -0.39 is 0 Å². The molecule has 72 valence electrons. The van der Waals surface area contributed by atoms with Crippen molar-refractivity contribution in [1.82, 2.24) is 9.78 Å². The van der Waals surface area contributed by atoms with Crippen LogP contribution in [0.5, 0.6) is 0 Å². The Morgan fingerprint density at radius 3 is 2.62 bits per heavy atom. The largest absolute Gasteiger partial charge is 0.411 e. The van der Waals surface area contributed by atoms with Crippen LogP contribution in [0.1, 0.15) is 32.0 Å². The molecule has 1 aromatic heterocycles. The van der Waals surface area contributed by atoms with Gasteiger partial charge in [-0.25, -0.2) is 0 Å². The third-order valence-corrected chi connectivity index (χ3v) is 1.85. The third-order valence-electron chi connectivity index (χ3n) is 1.85. The van der Waals surface area contributed by atoms with Gasteiger partial charge >= 0.3 is 0 Å². The average Bonchev–Trinajstić information content (AvgIpc) is 2.30. The van der Waals surface area contributed by atoms with Crippen LogP contribution in [0.3, 0.4) is 0 Å². The number of aryl methyl sites for hydroxylation is 1. The Morgan fingerprint density at radius 1 is 1.54 bits per heavy atom. The van der Waals surface area contributed by atoms with Crippen LogP contribution >= 0.6 is 0 Å². The summed E-state index contributed by atoms with van der Waals surface area (Å²) in [4.78, 5) is 0. The zero-order valence-electron chi connectivity index (χ0n) is 8.44. The Bertz CT molecular complexity index is 320. The van der Waals surface area contributed by atoms with Gasteiger partial charge in [0.05, 0.1) is 6.21 Å². The lowest BCUT2D eigenvalue weighted by Crippen LogP contribution is -2.12. The van der Waals surface area contributed by atoms with Crippen molar-refractivity contribution in [2.75, 3.05) is 0 Å². The van der Waals surface area contributed by atoms with E-state index in [1.807, 2.05) is 13.2 Å². The van der Waals surface area contributed by atoms with Crippen LogP contribution < -0.4 is 0 Å². The fraction of sp³-hybridized carbons (Fsp3) is 0.556. The van der Waals surface area contributed by atoms with E-state index in [9.17, 15) is 0 Å². The van der Waals surface area contributed by atoms with E-state index in [2.05, 4.69) is 31.0 Å². The van der Waals surface area contributed by atoms with Crippen molar-refractivity contribution < 1.29 is 5.21 Å². The molecule has 0 unspecified atom stereocenters. The van der Waals surface area contributed by atoms with E-state index in [1.165, 1.54) is 6.21 Å². The van der Waals surface area contributed by atoms with Gasteiger partial charge in [-0.05, 0) is 5.41 Å². The highest BCUT2D eigenvalue weighted by Gasteiger charge is 2.19. The van der Waals surface area contributed by atoms with Crippen molar-refractivity contribution in [3.05, 3.63) is 17.5 Å². The molecule has 0 atom stereocenters. The van der Waals surface area contributed by atoms with Crippen molar-refractivity contribution in [3.8, 4) is 0 Å². The molecule has 0 saturated heterocycles. The quantitative estimate of drug-likeness (QED) is 0.406. The standard InChI is InChI=1S/C9H15N3O/c1-9(2,3)7-6-12(4)11-8(7)5-10-13/h5-6,13H,1-4H3. The van der Waals surface area contributed by atoms with Gasteiger partial charge in [0, 0.05) is 18.8 Å². The van der Waals surface area contributed by atoms with Crippen LogP contribution in [-0.4, -0.2) is 21.2 Å². The molecule has 13 heavy (non-hydrogen) atoms. The molecule has 0 aliphatic rings. The van der Waals surface area contributed by atoms with Gasteiger partial charge in [0.2, 0.25) is 0 Å². The summed E-state index contributed by atoms with van der Waals surface area (Å²) in [5, 5.41) is 15.6. The smallest absolute Gasteiger partial charge is 0.110 e. The zero-order chi connectivity index (χ0) is 10.1. The predicted molar refractivity (Wildman–Crippen MR) is 51.3 cm³/mol. The normalized spacial score (nSPS) is 12.6. The van der Waals surface area contributed by atoms with Crippen LogP contribution in [0.15, 0.2) is 11.4 Å². The van der Waals surface area contributed by atoms with Crippen molar-refractivity contribution in [3.63, 3.8) is 0 Å². The van der Waals surface area contributed by atoms with Gasteiger partial charge < -0.3 is 5.21 Å². The summed E-state index contributed by atoms with van der Waals surface area (Å²) >= 11 is 0. The minimum Gasteiger partial charge on any atom is -0.411 e. The predicted octanol–water partition coefficient (Wildman–Crippen LogP) is 1.53. The third kappa shape index (κ3) is 2.08. The Kier molecular flexibility index (Phi) is 2.40. The summed E-state index contributed by atoms with van der Waals surface area (Å²) in [5.74, 6) is 0. The number of rotatable bonds is 1. The van der Waals surface area contributed by atoms with Crippen LogP contribution in [0.2, 0.25) is 0 Å². The number of oxime groups is 1. The Hall–Kier alpha value is -1.32. The first-order valence-electron chi connectivity index (χ1n) is 4.16. The van der Waals surface area contributed by atoms with Gasteiger partial charge in [0.25, 0.3) is 0 Å². The Balaban J connectivity index is 3.19. The molecule has 0 saturated carbocycles. The number of hydrogen-bond donors (Lipinski definition) is 1. The molecule has 0 aliphatic carbocycles. The molecule has 0 fully saturated rings. The van der Waals surface area contributed by atoms with Gasteiger partial charge in [-0.1, -0.05) is 25.9 Å². The van der Waals surface area contributed by atoms with E-state index in [0.29, 0.717) is 0 Å². The molecule has 1 N–H and O–H groups in total. The second-order valence-corrected chi connectivity index (χ2v) is 4.10. The van der Waals surface area contributed by atoms with Gasteiger partial charge in [-0.3, -0.25) is 4.68 Å². The van der Waals surface area contributed by atoms with Gasteiger partial charge in [0.1, 0.15) is 5.69 Å². The number of aromatic nitrogens is 2. The maximum absolute atomic E-state index is 8.44. The maximum atomic E-state index is 8.44. The van der Waals surface area contributed by atoms with E-state index in [1.54, 1.807) is 4.68 Å². The molecule has 0 aromatic carbocycles. The number of hydrogen-bond acceptors (Lipinski definition) is 3. The minimum atomic E-state index is 0.0186. The van der Waals surface area contributed by atoms with Crippen molar-refractivity contribution >= 4 is 6.21 Å². The second kappa shape index (κ2) is 3.20. The van der Waals surface area contributed by atoms with E-state index in [0.717, 1.165) is 11.3 Å². The van der Waals surface area contributed by atoms with Crippen LogP contribution in [0, 0.1) is 0 Å². The van der Waals surface area contributed by atoms with Crippen LogP contribution in [0.25, 0.3) is 0 Å². The summed E-state index contributed by atoms with van der Waals surface area (Å²) in [7, 11) is 1.85. The molecule has 4 heteroatoms. The fourth-order valence-electron chi connectivity index (χ4n) is 1.23. The van der Waals surface area contributed by atoms with Crippen LogP contribution in [-0.2, 0) is 12.5 Å². The summed E-state index contributed by atoms with van der Waals surface area (Å²) in [6, 6.07) is 0. The first-order chi connectivity index (χ1) is 5.95. The average molecular weight is 181 g/mol. The van der Waals surface area contributed by atoms with E-state index in [4.69, 9.17) is 5.21 Å². The highest BCUT2D eigenvalue weighted by Crippen LogP contribution is 2.23. The van der Waals surface area contributed by atoms with E-state index in [-0.39, 0.29) is 5.41 Å². The lowest BCUT2D eigenvalue weighted by atomic mass is 9.87. The summed E-state index contributed by atoms with van der Waals surface area (Å²) in [6.45, 7) is 6.29. The monoisotopic (exact) mass is 181 g/mol. The molecule has 1 rings (SSSR count). The molecule has 1 heterocycles. The van der Waals surface area contributed by atoms with E-state index >= 15 is 0 Å². The molecular formula is C9H15N3O. The highest BCUT2D eigenvalue weighted by molar-refractivity contribution is 5.78. The molecular weight excluding hydrogens is 166 g/mol. The number of nitrogens with zero attached hydrogens (tertiary/aromatic N) is 3. The van der Waals surface area contributed by atoms with Crippen molar-refractivity contribution in [2.24, 2.45) is 12.2 Å². The van der Waals surface area contributed by atoms with Crippen molar-refractivity contribution in [1.29, 1.82) is 0 Å². The summed E-state index contributed by atoms with van der Waals surface area (Å²) < 4.78 is 1.72. The first kappa shape index (κ1) is 9.77. The first-order valence-corrected chi connectivity index (χ1v) is 4.16. The zero-order valence-corrected chi connectivity index (χ0v) is 8.44. The SMILES string of the molecule is Cn1cc(C(C)(C)C)c(C=NO)n1. The molecule has 0 amide bonds. The Morgan fingerprint density at radius 2 is 2.15 bits per heavy atom. The topological polar surface area (TPSA) is 50.4 Å². The second-order valence-electron chi connectivity index (χ2n) is 4.10. The highest BCUT2D eigenvalue weighted by atomic mass is 16.4. The minimum absolute atomic E-state index is 0.0186. The molecule has 0 bridgehead atoms. The molecule has 4 nitrogen and oxygen atoms in total. The van der Waals surface area contributed by atoms with Gasteiger partial charge in [0.15, 0.2) is 0 Å². The Labute approximate surface area is 77.9 Å². The van der Waals surface area contributed by atoms with Crippen molar-refractivity contribution in [2.45, 2.75) is 26.2 Å². The van der Waals surface area contributed by atoms with Gasteiger partial charge in [-0.15, -0.1) is 0 Å². The lowest BCUT2D eigenvalue weighted by molar-refractivity contribution is 0.321. The molecule has 1 aromatic rings. The maximum Gasteiger partial charge on any atom is 0.110 e. The molecule has 0 spiro atoms. The molecule has 0 radical (unpaired) electrons.